The average Bonchev–Trinajstić information content (AvgIpc) is 3.09. The second-order valence-corrected chi connectivity index (χ2v) is 5.57. The maximum absolute atomic E-state index is 12.1. The van der Waals surface area contributed by atoms with Crippen molar-refractivity contribution in [2.45, 2.75) is 50.0 Å². The van der Waals surface area contributed by atoms with Crippen molar-refractivity contribution < 1.29 is 4.79 Å². The normalized spacial score (nSPS) is 25.1. The molecule has 1 atom stereocenters. The smallest absolute Gasteiger partial charge is 0.153 e. The molecule has 0 heterocycles. The van der Waals surface area contributed by atoms with E-state index in [9.17, 15) is 4.79 Å². The van der Waals surface area contributed by atoms with E-state index in [4.69, 9.17) is 5.73 Å². The number of hydrogen-bond acceptors (Lipinski definition) is 2. The van der Waals surface area contributed by atoms with E-state index >= 15 is 0 Å². The van der Waals surface area contributed by atoms with Gasteiger partial charge in [0.05, 0.1) is 5.54 Å². The van der Waals surface area contributed by atoms with Gasteiger partial charge in [-0.2, -0.15) is 0 Å². The second-order valence-electron chi connectivity index (χ2n) is 5.57. The fourth-order valence-corrected chi connectivity index (χ4v) is 2.91. The quantitative estimate of drug-likeness (QED) is 0.865. The molecular formula is C15H19NO. The highest BCUT2D eigenvalue weighted by Gasteiger charge is 2.45. The van der Waals surface area contributed by atoms with Gasteiger partial charge < -0.3 is 5.73 Å². The van der Waals surface area contributed by atoms with Gasteiger partial charge in [-0.05, 0) is 49.1 Å². The van der Waals surface area contributed by atoms with Crippen molar-refractivity contribution in [2.24, 2.45) is 5.73 Å². The van der Waals surface area contributed by atoms with E-state index in [2.05, 4.69) is 24.3 Å². The standard InChI is InChI=1S/C15H19NO/c16-15(8-9-15)14(17)10-12-6-3-5-11-4-1-2-7-13(11)12/h1-2,4,7,12H,3,5-6,8-10,16H2. The molecule has 1 aromatic rings. The molecule has 1 fully saturated rings. The van der Waals surface area contributed by atoms with Gasteiger partial charge in [0.1, 0.15) is 0 Å². The van der Waals surface area contributed by atoms with E-state index in [0.717, 1.165) is 25.7 Å². The third-order valence-corrected chi connectivity index (χ3v) is 4.27. The van der Waals surface area contributed by atoms with Gasteiger partial charge in [0, 0.05) is 6.42 Å². The molecule has 0 amide bonds. The number of hydrogen-bond donors (Lipinski definition) is 1. The first kappa shape index (κ1) is 11.0. The van der Waals surface area contributed by atoms with E-state index in [1.165, 1.54) is 17.5 Å². The number of Topliss-reactive ketones (excluding diaryl/α,β-unsaturated/α-hetero) is 1. The van der Waals surface area contributed by atoms with Gasteiger partial charge in [0.2, 0.25) is 0 Å². The summed E-state index contributed by atoms with van der Waals surface area (Å²) in [5.74, 6) is 0.688. The molecule has 1 saturated carbocycles. The lowest BCUT2D eigenvalue weighted by Gasteiger charge is -2.25. The van der Waals surface area contributed by atoms with Gasteiger partial charge in [0.15, 0.2) is 5.78 Å². The van der Waals surface area contributed by atoms with Crippen LogP contribution in [0.3, 0.4) is 0 Å². The molecular weight excluding hydrogens is 210 g/mol. The summed E-state index contributed by atoms with van der Waals surface area (Å²) in [5, 5.41) is 0. The highest BCUT2D eigenvalue weighted by molar-refractivity contribution is 5.91. The van der Waals surface area contributed by atoms with E-state index in [-0.39, 0.29) is 5.78 Å². The molecule has 0 saturated heterocycles. The molecule has 0 aromatic heterocycles. The number of carbonyl (C=O) groups excluding carboxylic acids is 1. The van der Waals surface area contributed by atoms with Crippen LogP contribution in [0.2, 0.25) is 0 Å². The molecule has 1 aromatic carbocycles. The molecule has 0 bridgehead atoms. The summed E-state index contributed by atoms with van der Waals surface area (Å²) in [5.41, 5.74) is 8.34. The number of nitrogens with two attached hydrogens (primary N) is 1. The first-order valence-electron chi connectivity index (χ1n) is 6.59. The Morgan fingerprint density at radius 1 is 1.35 bits per heavy atom. The second kappa shape index (κ2) is 3.95. The summed E-state index contributed by atoms with van der Waals surface area (Å²) >= 11 is 0. The van der Waals surface area contributed by atoms with Gasteiger partial charge in [-0.1, -0.05) is 24.3 Å². The Bertz CT molecular complexity index is 448. The van der Waals surface area contributed by atoms with E-state index in [1.54, 1.807) is 0 Å². The van der Waals surface area contributed by atoms with Crippen LogP contribution in [0.25, 0.3) is 0 Å². The molecule has 90 valence electrons. The van der Waals surface area contributed by atoms with Crippen molar-refractivity contribution >= 4 is 5.78 Å². The lowest BCUT2D eigenvalue weighted by Crippen LogP contribution is -2.34. The minimum absolute atomic E-state index is 0.277. The highest BCUT2D eigenvalue weighted by atomic mass is 16.1. The van der Waals surface area contributed by atoms with Crippen LogP contribution in [0.4, 0.5) is 0 Å². The predicted octanol–water partition coefficient (Wildman–Crippen LogP) is 2.56. The first-order chi connectivity index (χ1) is 8.19. The SMILES string of the molecule is NC1(C(=O)CC2CCCc3ccccc32)CC1. The Labute approximate surface area is 102 Å². The zero-order valence-electron chi connectivity index (χ0n) is 10.1. The molecule has 3 rings (SSSR count). The third kappa shape index (κ3) is 2.02. The Balaban J connectivity index is 1.79. The van der Waals surface area contributed by atoms with Crippen LogP contribution in [-0.4, -0.2) is 11.3 Å². The lowest BCUT2D eigenvalue weighted by molar-refractivity contribution is -0.121. The predicted molar refractivity (Wildman–Crippen MR) is 67.9 cm³/mol. The Kier molecular flexibility index (Phi) is 2.55. The van der Waals surface area contributed by atoms with E-state index in [1.807, 2.05) is 0 Å². The lowest BCUT2D eigenvalue weighted by atomic mass is 9.79. The van der Waals surface area contributed by atoms with Gasteiger partial charge in [-0.25, -0.2) is 0 Å². The summed E-state index contributed by atoms with van der Waals surface area (Å²) < 4.78 is 0. The van der Waals surface area contributed by atoms with Crippen LogP contribution < -0.4 is 5.73 Å². The maximum Gasteiger partial charge on any atom is 0.153 e. The monoisotopic (exact) mass is 229 g/mol. The zero-order valence-corrected chi connectivity index (χ0v) is 10.1. The summed E-state index contributed by atoms with van der Waals surface area (Å²) in [4.78, 5) is 12.1. The van der Waals surface area contributed by atoms with Crippen molar-refractivity contribution in [2.75, 3.05) is 0 Å². The number of benzene rings is 1. The molecule has 2 N–H and O–H groups in total. The van der Waals surface area contributed by atoms with Crippen molar-refractivity contribution in [3.63, 3.8) is 0 Å². The van der Waals surface area contributed by atoms with Crippen LogP contribution in [0.15, 0.2) is 24.3 Å². The maximum atomic E-state index is 12.1. The van der Waals surface area contributed by atoms with Gasteiger partial charge in [0.25, 0.3) is 0 Å². The van der Waals surface area contributed by atoms with Gasteiger partial charge in [-0.3, -0.25) is 4.79 Å². The number of rotatable bonds is 3. The molecule has 2 aliphatic carbocycles. The summed E-state index contributed by atoms with van der Waals surface area (Å²) in [6, 6.07) is 8.55. The number of aryl methyl sites for hydroxylation is 1. The third-order valence-electron chi connectivity index (χ3n) is 4.27. The van der Waals surface area contributed by atoms with Crippen molar-refractivity contribution in [3.05, 3.63) is 35.4 Å². The zero-order chi connectivity index (χ0) is 11.9. The Hall–Kier alpha value is -1.15. The molecule has 0 radical (unpaired) electrons. The highest BCUT2D eigenvalue weighted by Crippen LogP contribution is 2.39. The number of ketones is 1. The molecule has 17 heavy (non-hydrogen) atoms. The van der Waals surface area contributed by atoms with E-state index in [0.29, 0.717) is 12.3 Å². The minimum atomic E-state index is -0.452. The van der Waals surface area contributed by atoms with Crippen LogP contribution in [0.1, 0.15) is 49.1 Å². The number of carbonyl (C=O) groups is 1. The Morgan fingerprint density at radius 2 is 2.12 bits per heavy atom. The molecule has 2 nitrogen and oxygen atoms in total. The van der Waals surface area contributed by atoms with Gasteiger partial charge >= 0.3 is 0 Å². The topological polar surface area (TPSA) is 43.1 Å². The minimum Gasteiger partial charge on any atom is -0.319 e. The van der Waals surface area contributed by atoms with Crippen molar-refractivity contribution in [3.8, 4) is 0 Å². The van der Waals surface area contributed by atoms with Crippen molar-refractivity contribution in [1.82, 2.24) is 0 Å². The first-order valence-corrected chi connectivity index (χ1v) is 6.59. The fraction of sp³-hybridized carbons (Fsp3) is 0.533. The van der Waals surface area contributed by atoms with E-state index < -0.39 is 5.54 Å². The molecule has 0 aliphatic heterocycles. The largest absolute Gasteiger partial charge is 0.319 e. The summed E-state index contributed by atoms with van der Waals surface area (Å²) in [6.45, 7) is 0. The van der Waals surface area contributed by atoms with Crippen LogP contribution in [0, 0.1) is 0 Å². The van der Waals surface area contributed by atoms with Gasteiger partial charge in [-0.15, -0.1) is 0 Å². The Morgan fingerprint density at radius 3 is 2.88 bits per heavy atom. The summed E-state index contributed by atoms with van der Waals surface area (Å²) in [6.07, 6.45) is 5.92. The molecule has 2 heteroatoms. The summed E-state index contributed by atoms with van der Waals surface area (Å²) in [7, 11) is 0. The molecule has 1 unspecified atom stereocenters. The fourth-order valence-electron chi connectivity index (χ4n) is 2.91. The number of fused-ring (bicyclic) bond motifs is 1. The molecule has 0 spiro atoms. The van der Waals surface area contributed by atoms with Crippen LogP contribution in [0.5, 0.6) is 0 Å². The van der Waals surface area contributed by atoms with Crippen molar-refractivity contribution in [1.29, 1.82) is 0 Å². The average molecular weight is 229 g/mol. The molecule has 2 aliphatic rings. The van der Waals surface area contributed by atoms with Crippen LogP contribution in [-0.2, 0) is 11.2 Å². The van der Waals surface area contributed by atoms with Crippen LogP contribution >= 0.6 is 0 Å².